The Balaban J connectivity index is 0.000000200. The maximum atomic E-state index is 4.59. The van der Waals surface area contributed by atoms with Crippen molar-refractivity contribution in [2.24, 2.45) is 0 Å². The third-order valence-corrected chi connectivity index (χ3v) is 8.69. The Morgan fingerprint density at radius 2 is 1.31 bits per heavy atom. The van der Waals surface area contributed by atoms with Crippen LogP contribution in [0.25, 0.3) is 44.8 Å². The Hall–Kier alpha value is -3.82. The van der Waals surface area contributed by atoms with Crippen molar-refractivity contribution in [2.45, 2.75) is 37.5 Å². The SMILES string of the molecule is Cc1ccc(-c2[c-]cc3c(c2)Sc2c(C)cccc2-c2ccccc2-3)nc1.Cc1cnc(-c2[c-]cccc2)cc1C.[Ir]. The Kier molecular flexibility index (Phi) is 9.18. The molecule has 4 heteroatoms. The zero-order valence-corrected chi connectivity index (χ0v) is 27.2. The molecule has 1 radical (unpaired) electrons. The topological polar surface area (TPSA) is 25.8 Å². The molecule has 6 aromatic rings. The van der Waals surface area contributed by atoms with Gasteiger partial charge in [0, 0.05) is 37.4 Å². The van der Waals surface area contributed by atoms with E-state index in [-0.39, 0.29) is 20.1 Å². The van der Waals surface area contributed by atoms with E-state index in [1.807, 2.05) is 48.4 Å². The summed E-state index contributed by atoms with van der Waals surface area (Å²) < 4.78 is 0. The van der Waals surface area contributed by atoms with E-state index in [0.29, 0.717) is 0 Å². The van der Waals surface area contributed by atoms with Gasteiger partial charge in [0.25, 0.3) is 0 Å². The molecule has 0 spiro atoms. The summed E-state index contributed by atoms with van der Waals surface area (Å²) in [6, 6.07) is 40.4. The summed E-state index contributed by atoms with van der Waals surface area (Å²) in [4.78, 5) is 11.6. The second kappa shape index (κ2) is 13.0. The van der Waals surface area contributed by atoms with Gasteiger partial charge in [-0.2, -0.15) is 0 Å². The molecule has 4 aromatic carbocycles. The average Bonchev–Trinajstić information content (AvgIpc) is 3.15. The van der Waals surface area contributed by atoms with Gasteiger partial charge in [-0.25, -0.2) is 0 Å². The summed E-state index contributed by atoms with van der Waals surface area (Å²) >= 11 is 1.85. The van der Waals surface area contributed by atoms with Gasteiger partial charge in [0.15, 0.2) is 0 Å². The molecule has 1 aliphatic rings. The molecular weight excluding hydrogens is 709 g/mol. The molecule has 0 amide bonds. The fourth-order valence-corrected chi connectivity index (χ4v) is 6.12. The van der Waals surface area contributed by atoms with Crippen molar-refractivity contribution < 1.29 is 20.1 Å². The van der Waals surface area contributed by atoms with Gasteiger partial charge in [0.05, 0.1) is 0 Å². The molecule has 2 nitrogen and oxygen atoms in total. The number of nitrogens with zero attached hydrogens (tertiary/aromatic N) is 2. The first-order valence-electron chi connectivity index (χ1n) is 13.7. The zero-order chi connectivity index (χ0) is 28.3. The van der Waals surface area contributed by atoms with Crippen LogP contribution >= 0.6 is 11.8 Å². The third kappa shape index (κ3) is 6.17. The second-order valence-electron chi connectivity index (χ2n) is 10.4. The maximum Gasteiger partial charge on any atom is 0.0214 e. The van der Waals surface area contributed by atoms with E-state index in [0.717, 1.165) is 22.5 Å². The van der Waals surface area contributed by atoms with Gasteiger partial charge in [-0.05, 0) is 66.9 Å². The second-order valence-corrected chi connectivity index (χ2v) is 11.4. The van der Waals surface area contributed by atoms with Gasteiger partial charge in [-0.1, -0.05) is 82.2 Å². The van der Waals surface area contributed by atoms with Gasteiger partial charge in [0.1, 0.15) is 0 Å². The normalized spacial score (nSPS) is 11.0. The van der Waals surface area contributed by atoms with Crippen LogP contribution in [-0.2, 0) is 20.1 Å². The summed E-state index contributed by atoms with van der Waals surface area (Å²) in [5, 5.41) is 0. The maximum absolute atomic E-state index is 4.59. The molecule has 2 aromatic heterocycles. The van der Waals surface area contributed by atoms with Crippen LogP contribution in [0, 0.1) is 39.8 Å². The van der Waals surface area contributed by atoms with Crippen molar-refractivity contribution in [3.05, 3.63) is 144 Å². The first kappa shape index (κ1) is 29.7. The number of aromatic nitrogens is 2. The predicted octanol–water partition coefficient (Wildman–Crippen LogP) is 10.1. The molecule has 3 heterocycles. The van der Waals surface area contributed by atoms with E-state index in [1.54, 1.807) is 0 Å². The van der Waals surface area contributed by atoms with Crippen LogP contribution in [0.15, 0.2) is 119 Å². The number of hydrogen-bond donors (Lipinski definition) is 0. The number of benzene rings is 4. The quantitative estimate of drug-likeness (QED) is 0.165. The number of rotatable bonds is 2. The first-order valence-corrected chi connectivity index (χ1v) is 14.6. The Bertz CT molecular complexity index is 1850. The van der Waals surface area contributed by atoms with Gasteiger partial charge < -0.3 is 9.97 Å². The molecule has 0 saturated heterocycles. The van der Waals surface area contributed by atoms with Crippen molar-refractivity contribution >= 4 is 11.8 Å². The molecule has 0 fully saturated rings. The monoisotopic (exact) mass is 739 g/mol. The van der Waals surface area contributed by atoms with E-state index < -0.39 is 0 Å². The minimum absolute atomic E-state index is 0. The van der Waals surface area contributed by atoms with E-state index in [2.05, 4.69) is 123 Å². The van der Waals surface area contributed by atoms with Crippen LogP contribution in [0.3, 0.4) is 0 Å². The summed E-state index contributed by atoms with van der Waals surface area (Å²) in [5.74, 6) is 0. The van der Waals surface area contributed by atoms with E-state index in [4.69, 9.17) is 0 Å². The standard InChI is InChI=1S/C25H18NS.C13H12N.Ir/c1-16-10-13-23(26-15-16)18-11-12-21-19-7-3-4-8-20(19)22-9-5-6-17(2)25(22)27-24(21)14-18;1-10-8-13(14-9-11(10)2)12-6-4-3-5-7-12;/h3-10,12-15H,1-2H3;3-6,8-9H,1-2H3;/q2*-1;. The zero-order valence-electron chi connectivity index (χ0n) is 24.0. The summed E-state index contributed by atoms with van der Waals surface area (Å²) in [6.07, 6.45) is 3.82. The van der Waals surface area contributed by atoms with Crippen LogP contribution in [0.5, 0.6) is 0 Å². The molecule has 7 rings (SSSR count). The van der Waals surface area contributed by atoms with E-state index in [9.17, 15) is 0 Å². The van der Waals surface area contributed by atoms with Crippen molar-refractivity contribution in [1.29, 1.82) is 0 Å². The number of fused-ring (bicyclic) bond motifs is 5. The van der Waals surface area contributed by atoms with Crippen LogP contribution in [0.2, 0.25) is 0 Å². The van der Waals surface area contributed by atoms with Crippen molar-refractivity contribution in [1.82, 2.24) is 9.97 Å². The Morgan fingerprint density at radius 3 is 2.02 bits per heavy atom. The third-order valence-electron chi connectivity index (χ3n) is 7.39. The molecule has 0 saturated carbocycles. The van der Waals surface area contributed by atoms with Crippen LogP contribution in [-0.4, -0.2) is 9.97 Å². The molecule has 0 aliphatic carbocycles. The van der Waals surface area contributed by atoms with E-state index in [1.165, 1.54) is 54.3 Å². The van der Waals surface area contributed by atoms with Crippen molar-refractivity contribution in [2.75, 3.05) is 0 Å². The van der Waals surface area contributed by atoms with Gasteiger partial charge >= 0.3 is 0 Å². The smallest absolute Gasteiger partial charge is 0.0214 e. The molecular formula is C38H30IrN2S-2. The summed E-state index contributed by atoms with van der Waals surface area (Å²) in [7, 11) is 0. The minimum Gasteiger partial charge on any atom is -0.304 e. The number of aryl methyl sites for hydroxylation is 4. The minimum atomic E-state index is 0. The van der Waals surface area contributed by atoms with E-state index >= 15 is 0 Å². The molecule has 0 bridgehead atoms. The molecule has 0 unspecified atom stereocenters. The van der Waals surface area contributed by atoms with Crippen LogP contribution in [0.1, 0.15) is 22.3 Å². The molecule has 42 heavy (non-hydrogen) atoms. The number of hydrogen-bond acceptors (Lipinski definition) is 3. The molecule has 1 aliphatic heterocycles. The average molecular weight is 739 g/mol. The number of pyridine rings is 2. The fourth-order valence-electron chi connectivity index (χ4n) is 4.93. The van der Waals surface area contributed by atoms with Gasteiger partial charge in [-0.3, -0.25) is 0 Å². The van der Waals surface area contributed by atoms with Crippen molar-refractivity contribution in [3.8, 4) is 44.8 Å². The largest absolute Gasteiger partial charge is 0.304 e. The van der Waals surface area contributed by atoms with Gasteiger partial charge in [0.2, 0.25) is 0 Å². The first-order chi connectivity index (χ1) is 20.0. The predicted molar refractivity (Wildman–Crippen MR) is 171 cm³/mol. The fraction of sp³-hybridized carbons (Fsp3) is 0.105. The molecule has 209 valence electrons. The Morgan fingerprint density at radius 1 is 0.571 bits per heavy atom. The Labute approximate surface area is 266 Å². The molecule has 0 N–H and O–H groups in total. The van der Waals surface area contributed by atoms with Crippen LogP contribution < -0.4 is 0 Å². The van der Waals surface area contributed by atoms with Crippen LogP contribution in [0.4, 0.5) is 0 Å². The molecule has 0 atom stereocenters. The van der Waals surface area contributed by atoms with Gasteiger partial charge in [-0.15, -0.1) is 71.4 Å². The summed E-state index contributed by atoms with van der Waals surface area (Å²) in [5.41, 5.74) is 14.1. The van der Waals surface area contributed by atoms with Crippen molar-refractivity contribution in [3.63, 3.8) is 0 Å². The summed E-state index contributed by atoms with van der Waals surface area (Å²) in [6.45, 7) is 8.42.